The zero-order chi connectivity index (χ0) is 22.4. The molecule has 32 heavy (non-hydrogen) atoms. The third-order valence-electron chi connectivity index (χ3n) is 5.35. The van der Waals surface area contributed by atoms with Gasteiger partial charge in [0.15, 0.2) is 16.6 Å². The minimum atomic E-state index is -0.685. The zero-order valence-corrected chi connectivity index (χ0v) is 17.8. The molecule has 5 rings (SSSR count). The summed E-state index contributed by atoms with van der Waals surface area (Å²) in [5.41, 5.74) is 6.25. The minimum absolute atomic E-state index is 0.0832. The Hall–Kier alpha value is -3.79. The smallest absolute Gasteiger partial charge is 0.351 e. The molecule has 0 unspecified atom stereocenters. The fourth-order valence-corrected chi connectivity index (χ4v) is 4.54. The SMILES string of the molecule is Cc1sc(C(N)=O)nc1Oc1ccc(-n2nc3n(c2=O)[C@H](c2ccccc2)CC3)cc1F. The van der Waals surface area contributed by atoms with Gasteiger partial charge in [0, 0.05) is 12.5 Å². The van der Waals surface area contributed by atoms with Crippen LogP contribution in [0.15, 0.2) is 53.3 Å². The second-order valence-corrected chi connectivity index (χ2v) is 8.61. The molecule has 8 nitrogen and oxygen atoms in total. The molecule has 1 aliphatic heterocycles. The number of aromatic nitrogens is 4. The topological polar surface area (TPSA) is 105 Å². The highest BCUT2D eigenvalue weighted by Gasteiger charge is 2.29. The summed E-state index contributed by atoms with van der Waals surface area (Å²) >= 11 is 1.07. The van der Waals surface area contributed by atoms with E-state index in [1.165, 1.54) is 16.8 Å². The van der Waals surface area contributed by atoms with Crippen molar-refractivity contribution in [2.24, 2.45) is 5.73 Å². The summed E-state index contributed by atoms with van der Waals surface area (Å²) in [5, 5.41) is 4.51. The van der Waals surface area contributed by atoms with E-state index in [2.05, 4.69) is 10.1 Å². The summed E-state index contributed by atoms with van der Waals surface area (Å²) < 4.78 is 23.2. The second kappa shape index (κ2) is 7.72. The molecule has 2 aromatic carbocycles. The molecule has 2 aromatic heterocycles. The van der Waals surface area contributed by atoms with Crippen LogP contribution in [-0.4, -0.2) is 25.2 Å². The number of amides is 1. The Labute approximate surface area is 185 Å². The fraction of sp³-hybridized carbons (Fsp3) is 0.182. The van der Waals surface area contributed by atoms with Gasteiger partial charge in [0.25, 0.3) is 5.91 Å². The predicted molar refractivity (Wildman–Crippen MR) is 116 cm³/mol. The van der Waals surface area contributed by atoms with Crippen molar-refractivity contribution in [1.82, 2.24) is 19.3 Å². The number of benzene rings is 2. The minimum Gasteiger partial charge on any atom is -0.435 e. The first-order valence-electron chi connectivity index (χ1n) is 9.93. The highest BCUT2D eigenvalue weighted by atomic mass is 32.1. The average molecular weight is 451 g/mol. The molecule has 0 aliphatic carbocycles. The maximum Gasteiger partial charge on any atom is 0.351 e. The number of fused-ring (bicyclic) bond motifs is 1. The van der Waals surface area contributed by atoms with E-state index in [9.17, 15) is 14.0 Å². The number of thiazole rings is 1. The Morgan fingerprint density at radius 2 is 2.03 bits per heavy atom. The molecule has 4 aromatic rings. The molecule has 1 amide bonds. The first-order valence-corrected chi connectivity index (χ1v) is 10.7. The van der Waals surface area contributed by atoms with Crippen molar-refractivity contribution in [1.29, 1.82) is 0 Å². The van der Waals surface area contributed by atoms with Crippen molar-refractivity contribution < 1.29 is 13.9 Å². The summed E-state index contributed by atoms with van der Waals surface area (Å²) in [6, 6.07) is 13.8. The lowest BCUT2D eigenvalue weighted by Crippen LogP contribution is -2.26. The number of aryl methyl sites for hydroxylation is 2. The Morgan fingerprint density at radius 3 is 2.72 bits per heavy atom. The maximum absolute atomic E-state index is 14.8. The number of carbonyl (C=O) groups is 1. The Morgan fingerprint density at radius 1 is 1.25 bits per heavy atom. The van der Waals surface area contributed by atoms with Crippen LogP contribution in [0.3, 0.4) is 0 Å². The van der Waals surface area contributed by atoms with Crippen molar-refractivity contribution in [2.45, 2.75) is 25.8 Å². The van der Waals surface area contributed by atoms with Gasteiger partial charge < -0.3 is 10.5 Å². The Kier molecular flexibility index (Phi) is 4.86. The first-order chi connectivity index (χ1) is 15.4. The molecule has 1 aliphatic rings. The molecule has 2 N–H and O–H groups in total. The van der Waals surface area contributed by atoms with Crippen molar-refractivity contribution in [3.63, 3.8) is 0 Å². The summed E-state index contributed by atoms with van der Waals surface area (Å²) in [6.45, 7) is 1.70. The van der Waals surface area contributed by atoms with Crippen molar-refractivity contribution in [3.8, 4) is 17.3 Å². The zero-order valence-electron chi connectivity index (χ0n) is 17.0. The van der Waals surface area contributed by atoms with Crippen LogP contribution in [0, 0.1) is 12.7 Å². The summed E-state index contributed by atoms with van der Waals surface area (Å²) in [7, 11) is 0. The van der Waals surface area contributed by atoms with Crippen LogP contribution in [0.4, 0.5) is 4.39 Å². The number of primary amides is 1. The van der Waals surface area contributed by atoms with Crippen molar-refractivity contribution in [3.05, 3.63) is 86.1 Å². The molecule has 162 valence electrons. The Balaban J connectivity index is 1.46. The molecule has 0 fully saturated rings. The van der Waals surface area contributed by atoms with E-state index < -0.39 is 11.7 Å². The number of halogens is 1. The van der Waals surface area contributed by atoms with Crippen LogP contribution in [0.1, 0.15) is 38.5 Å². The van der Waals surface area contributed by atoms with E-state index in [-0.39, 0.29) is 28.4 Å². The van der Waals surface area contributed by atoms with E-state index in [1.807, 2.05) is 30.3 Å². The molecule has 1 atom stereocenters. The summed E-state index contributed by atoms with van der Waals surface area (Å²) in [5.74, 6) is -0.666. The number of carbonyl (C=O) groups excluding carboxylic acids is 1. The molecular formula is C22H18FN5O3S. The van der Waals surface area contributed by atoms with Crippen molar-refractivity contribution in [2.75, 3.05) is 0 Å². The van der Waals surface area contributed by atoms with Gasteiger partial charge in [-0.15, -0.1) is 16.4 Å². The summed E-state index contributed by atoms with van der Waals surface area (Å²) in [6.07, 6.45) is 1.46. The van der Waals surface area contributed by atoms with Crippen molar-refractivity contribution >= 4 is 17.2 Å². The molecule has 3 heterocycles. The number of hydrogen-bond acceptors (Lipinski definition) is 6. The molecule has 0 bridgehead atoms. The third-order valence-corrected chi connectivity index (χ3v) is 6.32. The standard InChI is InChI=1S/C22H18FN5O3S/c1-12-20(25-21(32-12)19(24)29)31-17-9-7-14(11-15(17)23)28-22(30)27-16(8-10-18(27)26-28)13-5-3-2-4-6-13/h2-7,9,11,16H,8,10H2,1H3,(H2,24,29)/t16-/m0/s1. The van der Waals surface area contributed by atoms with Crippen LogP contribution in [-0.2, 0) is 6.42 Å². The number of hydrogen-bond donors (Lipinski definition) is 1. The van der Waals surface area contributed by atoms with Gasteiger partial charge in [-0.25, -0.2) is 9.18 Å². The quantitative estimate of drug-likeness (QED) is 0.501. The molecule has 0 saturated heterocycles. The fourth-order valence-electron chi connectivity index (χ4n) is 3.85. The molecular weight excluding hydrogens is 433 g/mol. The van der Waals surface area contributed by atoms with Crippen LogP contribution in [0.2, 0.25) is 0 Å². The van der Waals surface area contributed by atoms with Gasteiger partial charge in [-0.1, -0.05) is 30.3 Å². The normalized spacial score (nSPS) is 15.0. The molecule has 0 spiro atoms. The van der Waals surface area contributed by atoms with Crippen LogP contribution in [0.5, 0.6) is 11.6 Å². The summed E-state index contributed by atoms with van der Waals surface area (Å²) in [4.78, 5) is 29.0. The highest BCUT2D eigenvalue weighted by Crippen LogP contribution is 2.32. The van der Waals surface area contributed by atoms with E-state index in [0.717, 1.165) is 23.3 Å². The first kappa shape index (κ1) is 20.1. The molecule has 0 saturated carbocycles. The van der Waals surface area contributed by atoms with Crippen LogP contribution in [0.25, 0.3) is 5.69 Å². The van der Waals surface area contributed by atoms with E-state index in [1.54, 1.807) is 17.6 Å². The van der Waals surface area contributed by atoms with E-state index >= 15 is 0 Å². The highest BCUT2D eigenvalue weighted by molar-refractivity contribution is 7.13. The van der Waals surface area contributed by atoms with Gasteiger partial charge in [0.1, 0.15) is 5.82 Å². The van der Waals surface area contributed by atoms with Gasteiger partial charge in [0.05, 0.1) is 16.6 Å². The number of nitrogens with two attached hydrogens (primary N) is 1. The monoisotopic (exact) mass is 451 g/mol. The lowest BCUT2D eigenvalue weighted by atomic mass is 10.1. The second-order valence-electron chi connectivity index (χ2n) is 7.41. The average Bonchev–Trinajstić information content (AvgIpc) is 3.45. The number of rotatable bonds is 5. The Bertz CT molecular complexity index is 1390. The van der Waals surface area contributed by atoms with Crippen LogP contribution >= 0.6 is 11.3 Å². The van der Waals surface area contributed by atoms with Crippen LogP contribution < -0.4 is 16.2 Å². The largest absolute Gasteiger partial charge is 0.435 e. The van der Waals surface area contributed by atoms with E-state index in [4.69, 9.17) is 10.5 Å². The van der Waals surface area contributed by atoms with Gasteiger partial charge in [0.2, 0.25) is 5.88 Å². The van der Waals surface area contributed by atoms with E-state index in [0.29, 0.717) is 22.8 Å². The van der Waals surface area contributed by atoms with Gasteiger partial charge >= 0.3 is 5.69 Å². The molecule has 0 radical (unpaired) electrons. The lowest BCUT2D eigenvalue weighted by molar-refractivity contribution is 0.0999. The maximum atomic E-state index is 14.8. The number of ether oxygens (including phenoxy) is 1. The van der Waals surface area contributed by atoms with Gasteiger partial charge in [-0.2, -0.15) is 9.67 Å². The van der Waals surface area contributed by atoms with Gasteiger partial charge in [-0.05, 0) is 31.0 Å². The number of nitrogens with zero attached hydrogens (tertiary/aromatic N) is 4. The van der Waals surface area contributed by atoms with Gasteiger partial charge in [-0.3, -0.25) is 9.36 Å². The lowest BCUT2D eigenvalue weighted by Gasteiger charge is -2.12. The third kappa shape index (κ3) is 3.38. The molecule has 10 heteroatoms. The predicted octanol–water partition coefficient (Wildman–Crippen LogP) is 3.36.